The van der Waals surface area contributed by atoms with E-state index in [0.29, 0.717) is 20.4 Å². The Labute approximate surface area is 176 Å². The Bertz CT molecular complexity index is 984. The number of halogens is 2. The summed E-state index contributed by atoms with van der Waals surface area (Å²) < 4.78 is 12.6. The smallest absolute Gasteiger partial charge is 0.339 e. The van der Waals surface area contributed by atoms with Gasteiger partial charge in [0.05, 0.1) is 0 Å². The van der Waals surface area contributed by atoms with Gasteiger partial charge in [0.1, 0.15) is 34.1 Å². The van der Waals surface area contributed by atoms with E-state index in [-0.39, 0.29) is 22.6 Å². The van der Waals surface area contributed by atoms with E-state index in [1.54, 1.807) is 48.5 Å². The standard InChI is InChI=1S/C20H12Br2O6/c21-11-4-6-17(15(8-11)19(23)24)27-13-2-1-3-14(10-13)28-18-7-5-12(22)9-16(18)20(25)26/h1-10H,(H,23,24)(H,25,26). The molecule has 6 nitrogen and oxygen atoms in total. The largest absolute Gasteiger partial charge is 0.478 e. The summed E-state index contributed by atoms with van der Waals surface area (Å²) in [6.45, 7) is 0. The summed E-state index contributed by atoms with van der Waals surface area (Å²) in [5.41, 5.74) is 0.00328. The molecule has 0 spiro atoms. The van der Waals surface area contributed by atoms with Gasteiger partial charge in [0.15, 0.2) is 0 Å². The molecule has 0 aliphatic rings. The molecule has 3 aromatic carbocycles. The molecule has 0 aromatic heterocycles. The lowest BCUT2D eigenvalue weighted by molar-refractivity contribution is 0.0683. The Kier molecular flexibility index (Phi) is 6.01. The van der Waals surface area contributed by atoms with Crippen LogP contribution in [0.4, 0.5) is 0 Å². The van der Waals surface area contributed by atoms with Crippen LogP contribution in [-0.2, 0) is 0 Å². The van der Waals surface area contributed by atoms with Crippen LogP contribution < -0.4 is 9.47 Å². The van der Waals surface area contributed by atoms with E-state index in [9.17, 15) is 19.8 Å². The minimum Gasteiger partial charge on any atom is -0.478 e. The number of ether oxygens (including phenoxy) is 2. The van der Waals surface area contributed by atoms with E-state index < -0.39 is 11.9 Å². The second-order valence-electron chi connectivity index (χ2n) is 5.57. The first-order valence-corrected chi connectivity index (χ1v) is 9.43. The minimum atomic E-state index is -1.12. The van der Waals surface area contributed by atoms with Gasteiger partial charge in [0, 0.05) is 15.0 Å². The van der Waals surface area contributed by atoms with Crippen molar-refractivity contribution in [3.05, 3.63) is 80.7 Å². The maximum absolute atomic E-state index is 11.4. The van der Waals surface area contributed by atoms with Crippen LogP contribution >= 0.6 is 31.9 Å². The van der Waals surface area contributed by atoms with Gasteiger partial charge < -0.3 is 19.7 Å². The predicted molar refractivity (Wildman–Crippen MR) is 109 cm³/mol. The van der Waals surface area contributed by atoms with Gasteiger partial charge in [-0.05, 0) is 48.5 Å². The number of rotatable bonds is 6. The monoisotopic (exact) mass is 506 g/mol. The Morgan fingerprint density at radius 1 is 0.679 bits per heavy atom. The van der Waals surface area contributed by atoms with Crippen LogP contribution in [0.25, 0.3) is 0 Å². The fraction of sp³-hybridized carbons (Fsp3) is 0. The maximum atomic E-state index is 11.4. The lowest BCUT2D eigenvalue weighted by atomic mass is 10.2. The average Bonchev–Trinajstić information content (AvgIpc) is 2.64. The van der Waals surface area contributed by atoms with Gasteiger partial charge >= 0.3 is 11.9 Å². The molecule has 2 N–H and O–H groups in total. The SMILES string of the molecule is O=C(O)c1cc(Br)ccc1Oc1cccc(Oc2ccc(Br)cc2C(=O)O)c1. The molecule has 0 atom stereocenters. The highest BCUT2D eigenvalue weighted by atomic mass is 79.9. The van der Waals surface area contributed by atoms with Gasteiger partial charge in [-0.3, -0.25) is 0 Å². The highest BCUT2D eigenvalue weighted by Gasteiger charge is 2.15. The molecule has 0 radical (unpaired) electrons. The highest BCUT2D eigenvalue weighted by Crippen LogP contribution is 2.33. The Morgan fingerprint density at radius 2 is 1.11 bits per heavy atom. The summed E-state index contributed by atoms with van der Waals surface area (Å²) in [4.78, 5) is 22.8. The summed E-state index contributed by atoms with van der Waals surface area (Å²) in [5, 5.41) is 18.7. The number of carboxylic acid groups (broad SMARTS) is 2. The third kappa shape index (κ3) is 4.71. The van der Waals surface area contributed by atoms with Crippen LogP contribution in [0.5, 0.6) is 23.0 Å². The van der Waals surface area contributed by atoms with Crippen LogP contribution in [0.3, 0.4) is 0 Å². The second kappa shape index (κ2) is 8.45. The van der Waals surface area contributed by atoms with Crippen molar-refractivity contribution in [3.63, 3.8) is 0 Å². The molecular weight excluding hydrogens is 496 g/mol. The van der Waals surface area contributed by atoms with Crippen LogP contribution in [-0.4, -0.2) is 22.2 Å². The Morgan fingerprint density at radius 3 is 1.50 bits per heavy atom. The van der Waals surface area contributed by atoms with E-state index in [0.717, 1.165) is 0 Å². The molecule has 0 heterocycles. The molecule has 0 unspecified atom stereocenters. The fourth-order valence-corrected chi connectivity index (χ4v) is 3.09. The third-order valence-corrected chi connectivity index (χ3v) is 4.59. The zero-order chi connectivity index (χ0) is 20.3. The van der Waals surface area contributed by atoms with Crippen LogP contribution in [0.1, 0.15) is 20.7 Å². The van der Waals surface area contributed by atoms with E-state index in [1.807, 2.05) is 0 Å². The Hall–Kier alpha value is -2.84. The molecule has 0 bridgehead atoms. The quantitative estimate of drug-likeness (QED) is 0.413. The third-order valence-electron chi connectivity index (χ3n) is 3.61. The van der Waals surface area contributed by atoms with Crippen molar-refractivity contribution in [1.29, 1.82) is 0 Å². The van der Waals surface area contributed by atoms with Crippen molar-refractivity contribution in [3.8, 4) is 23.0 Å². The predicted octanol–water partition coefficient (Wildman–Crippen LogP) is 6.19. The number of carbonyl (C=O) groups is 2. The zero-order valence-electron chi connectivity index (χ0n) is 14.1. The first kappa shape index (κ1) is 19.9. The van der Waals surface area contributed by atoms with Gasteiger partial charge in [-0.15, -0.1) is 0 Å². The molecule has 0 amide bonds. The van der Waals surface area contributed by atoms with Gasteiger partial charge in [0.2, 0.25) is 0 Å². The van der Waals surface area contributed by atoms with Crippen molar-refractivity contribution in [2.75, 3.05) is 0 Å². The second-order valence-corrected chi connectivity index (χ2v) is 7.40. The highest BCUT2D eigenvalue weighted by molar-refractivity contribution is 9.10. The molecule has 142 valence electrons. The maximum Gasteiger partial charge on any atom is 0.339 e. The summed E-state index contributed by atoms with van der Waals surface area (Å²) in [6, 6.07) is 15.8. The van der Waals surface area contributed by atoms with Gasteiger partial charge in [-0.25, -0.2) is 9.59 Å². The van der Waals surface area contributed by atoms with Crippen molar-refractivity contribution in [2.45, 2.75) is 0 Å². The molecule has 0 aliphatic carbocycles. The molecule has 3 aromatic rings. The van der Waals surface area contributed by atoms with Crippen molar-refractivity contribution < 1.29 is 29.3 Å². The number of hydrogen-bond donors (Lipinski definition) is 2. The zero-order valence-corrected chi connectivity index (χ0v) is 17.2. The van der Waals surface area contributed by atoms with Crippen LogP contribution in [0.2, 0.25) is 0 Å². The van der Waals surface area contributed by atoms with E-state index >= 15 is 0 Å². The summed E-state index contributed by atoms with van der Waals surface area (Å²) >= 11 is 6.46. The molecule has 0 fully saturated rings. The van der Waals surface area contributed by atoms with Crippen molar-refractivity contribution in [1.82, 2.24) is 0 Å². The summed E-state index contributed by atoms with van der Waals surface area (Å²) in [7, 11) is 0. The van der Waals surface area contributed by atoms with Crippen molar-refractivity contribution in [2.24, 2.45) is 0 Å². The summed E-state index contributed by atoms with van der Waals surface area (Å²) in [5.74, 6) is -1.22. The Balaban J connectivity index is 1.89. The number of aromatic carboxylic acids is 2. The van der Waals surface area contributed by atoms with Crippen LogP contribution in [0.15, 0.2) is 69.6 Å². The first-order chi connectivity index (χ1) is 13.3. The van der Waals surface area contributed by atoms with Crippen molar-refractivity contribution >= 4 is 43.8 Å². The number of hydrogen-bond acceptors (Lipinski definition) is 4. The first-order valence-electron chi connectivity index (χ1n) is 7.85. The molecule has 3 rings (SSSR count). The van der Waals surface area contributed by atoms with E-state index in [4.69, 9.17) is 9.47 Å². The van der Waals surface area contributed by atoms with Crippen LogP contribution in [0, 0.1) is 0 Å². The molecule has 0 saturated heterocycles. The minimum absolute atomic E-state index is 0.00164. The normalized spacial score (nSPS) is 10.4. The van der Waals surface area contributed by atoms with E-state index in [2.05, 4.69) is 31.9 Å². The average molecular weight is 508 g/mol. The van der Waals surface area contributed by atoms with E-state index in [1.165, 1.54) is 12.1 Å². The van der Waals surface area contributed by atoms with Gasteiger partial charge in [0.25, 0.3) is 0 Å². The molecule has 0 saturated carbocycles. The summed E-state index contributed by atoms with van der Waals surface area (Å²) in [6.07, 6.45) is 0. The fourth-order valence-electron chi connectivity index (χ4n) is 2.37. The lowest BCUT2D eigenvalue weighted by Crippen LogP contribution is -2.01. The number of benzene rings is 3. The molecule has 0 aliphatic heterocycles. The molecular formula is C20H12Br2O6. The van der Waals surface area contributed by atoms with Gasteiger partial charge in [-0.2, -0.15) is 0 Å². The van der Waals surface area contributed by atoms with Gasteiger partial charge in [-0.1, -0.05) is 37.9 Å². The number of carboxylic acids is 2. The lowest BCUT2D eigenvalue weighted by Gasteiger charge is -2.12. The molecule has 8 heteroatoms. The topological polar surface area (TPSA) is 93.1 Å². The molecule has 28 heavy (non-hydrogen) atoms.